The summed E-state index contributed by atoms with van der Waals surface area (Å²) in [7, 11) is 0. The minimum Gasteiger partial charge on any atom is -0.507 e. The molecule has 1 fully saturated rings. The van der Waals surface area contributed by atoms with Gasteiger partial charge in [0.1, 0.15) is 11.5 Å². The van der Waals surface area contributed by atoms with Gasteiger partial charge in [-0.15, -0.1) is 0 Å². The Hall–Kier alpha value is -4.90. The minimum absolute atomic E-state index is 0.0239. The number of carbonyl (C=O) groups excluding carboxylic acids is 2. The smallest absolute Gasteiger partial charge is 0.314 e. The topological polar surface area (TPSA) is 184 Å². The number of piperidine rings is 1. The number of hydrogen-bond acceptors (Lipinski definition) is 11. The van der Waals surface area contributed by atoms with E-state index in [1.165, 1.54) is 19.9 Å². The third kappa shape index (κ3) is 4.77. The Bertz CT molecular complexity index is 2130. The number of phenols is 3. The molecule has 2 aromatic carbocycles. The second-order valence-corrected chi connectivity index (χ2v) is 12.5. The maximum absolute atomic E-state index is 14.2. The molecule has 0 saturated carbocycles. The highest BCUT2D eigenvalue weighted by molar-refractivity contribution is 6.06. The predicted molar refractivity (Wildman–Crippen MR) is 173 cm³/mol. The first-order valence-corrected chi connectivity index (χ1v) is 15.2. The Kier molecular flexibility index (Phi) is 8.33. The van der Waals surface area contributed by atoms with Crippen LogP contribution in [-0.2, 0) is 4.79 Å². The quantitative estimate of drug-likeness (QED) is 0.0803. The summed E-state index contributed by atoms with van der Waals surface area (Å²) in [5, 5.41) is 37.8. The summed E-state index contributed by atoms with van der Waals surface area (Å²) >= 11 is 0. The molecule has 0 unspecified atom stereocenters. The molecule has 0 spiro atoms. The summed E-state index contributed by atoms with van der Waals surface area (Å²) < 4.78 is 5.64. The predicted octanol–water partition coefficient (Wildman–Crippen LogP) is 3.63. The van der Waals surface area contributed by atoms with Crippen molar-refractivity contribution in [3.05, 3.63) is 74.8 Å². The summed E-state index contributed by atoms with van der Waals surface area (Å²) in [6.45, 7) is 10.6. The fraction of sp³-hybridized carbons (Fsp3) is 0.371. The van der Waals surface area contributed by atoms with Crippen molar-refractivity contribution in [2.24, 2.45) is 5.92 Å². The van der Waals surface area contributed by atoms with Crippen LogP contribution in [0, 0.1) is 19.8 Å². The summed E-state index contributed by atoms with van der Waals surface area (Å²) in [6, 6.07) is 1.19. The molecule has 11 nitrogen and oxygen atoms in total. The lowest BCUT2D eigenvalue weighted by Gasteiger charge is -2.24. The molecule has 0 amide bonds. The zero-order valence-electron chi connectivity index (χ0n) is 26.4. The highest BCUT2D eigenvalue weighted by Gasteiger charge is 2.34. The Morgan fingerprint density at radius 1 is 0.783 bits per heavy atom. The third-order valence-corrected chi connectivity index (χ3v) is 9.05. The molecule has 3 aliphatic rings. The highest BCUT2D eigenvalue weighted by atomic mass is 16.5. The second kappa shape index (κ2) is 11.8. The van der Waals surface area contributed by atoms with Gasteiger partial charge in [0, 0.05) is 55.3 Å². The average Bonchev–Trinajstić information content (AvgIpc) is 3.01. The Morgan fingerprint density at radius 3 is 1.96 bits per heavy atom. The number of nitrogens with one attached hydrogen (secondary N) is 1. The number of esters is 1. The van der Waals surface area contributed by atoms with Crippen molar-refractivity contribution in [1.29, 1.82) is 0 Å². The molecule has 0 atom stereocenters. The third-order valence-electron chi connectivity index (χ3n) is 9.05. The van der Waals surface area contributed by atoms with Crippen LogP contribution >= 0.6 is 0 Å². The van der Waals surface area contributed by atoms with Crippen molar-refractivity contribution in [2.45, 2.75) is 66.2 Å². The van der Waals surface area contributed by atoms with E-state index in [0.717, 1.165) is 0 Å². The first kappa shape index (κ1) is 32.5. The number of aldehydes is 1. The van der Waals surface area contributed by atoms with E-state index in [1.807, 2.05) is 0 Å². The van der Waals surface area contributed by atoms with Crippen LogP contribution in [0.5, 0.6) is 23.0 Å². The van der Waals surface area contributed by atoms with Gasteiger partial charge in [0.2, 0.25) is 10.9 Å². The molecule has 46 heavy (non-hydrogen) atoms. The monoisotopic (exact) mass is 629 g/mol. The molecule has 11 heteroatoms. The zero-order chi connectivity index (χ0) is 33.9. The van der Waals surface area contributed by atoms with E-state index >= 15 is 0 Å². The number of hydrogen-bond donors (Lipinski definition) is 4. The SMILES string of the molecule is Cc1c(-c2c(C)c(=O)c3c(C(C)C)c(=O)c(=O)c(C=O)c-3c2=O)c(O)c2cc(OC(=O)C3CCNCC3)c(O)c(C(C)C)c2c1O. The van der Waals surface area contributed by atoms with Crippen molar-refractivity contribution >= 4 is 23.0 Å². The summed E-state index contributed by atoms with van der Waals surface area (Å²) in [4.78, 5) is 79.1. The Labute approximate surface area is 263 Å². The van der Waals surface area contributed by atoms with Crippen LogP contribution in [0.2, 0.25) is 0 Å². The number of rotatable bonds is 6. The summed E-state index contributed by atoms with van der Waals surface area (Å²) in [5.41, 5.74) is -6.40. The Morgan fingerprint density at radius 2 is 1.39 bits per heavy atom. The molecular formula is C35H35NO10. The van der Waals surface area contributed by atoms with Crippen molar-refractivity contribution in [3.63, 3.8) is 0 Å². The fourth-order valence-corrected chi connectivity index (χ4v) is 6.70. The van der Waals surface area contributed by atoms with Gasteiger partial charge in [0.25, 0.3) is 0 Å². The zero-order valence-corrected chi connectivity index (χ0v) is 26.4. The molecule has 0 aromatic heterocycles. The van der Waals surface area contributed by atoms with Crippen molar-refractivity contribution in [3.8, 4) is 45.3 Å². The van der Waals surface area contributed by atoms with Crippen LogP contribution in [0.25, 0.3) is 33.0 Å². The van der Waals surface area contributed by atoms with E-state index < -0.39 is 73.8 Å². The largest absolute Gasteiger partial charge is 0.507 e. The average molecular weight is 630 g/mol. The number of benzene rings is 4. The molecule has 1 aliphatic heterocycles. The maximum atomic E-state index is 14.2. The molecule has 2 aliphatic carbocycles. The van der Waals surface area contributed by atoms with E-state index in [2.05, 4.69) is 5.32 Å². The lowest BCUT2D eigenvalue weighted by Crippen LogP contribution is -2.38. The van der Waals surface area contributed by atoms with E-state index in [1.54, 1.807) is 27.7 Å². The molecule has 1 saturated heterocycles. The van der Waals surface area contributed by atoms with Crippen molar-refractivity contribution < 1.29 is 29.6 Å². The van der Waals surface area contributed by atoms with Crippen LogP contribution in [-0.4, -0.2) is 40.7 Å². The van der Waals surface area contributed by atoms with Crippen LogP contribution < -0.4 is 31.8 Å². The lowest BCUT2D eigenvalue weighted by atomic mass is 9.81. The van der Waals surface area contributed by atoms with Crippen LogP contribution in [0.3, 0.4) is 0 Å². The first-order chi connectivity index (χ1) is 21.6. The molecular weight excluding hydrogens is 594 g/mol. The number of phenolic OH excluding ortho intramolecular Hbond substituents is 3. The van der Waals surface area contributed by atoms with Gasteiger partial charge in [-0.3, -0.25) is 28.8 Å². The van der Waals surface area contributed by atoms with E-state index in [4.69, 9.17) is 4.74 Å². The van der Waals surface area contributed by atoms with Gasteiger partial charge < -0.3 is 25.4 Å². The molecule has 4 N–H and O–H groups in total. The Balaban J connectivity index is 1.91. The second-order valence-electron chi connectivity index (χ2n) is 12.5. The van der Waals surface area contributed by atoms with E-state index in [-0.39, 0.29) is 61.8 Å². The minimum atomic E-state index is -1.21. The van der Waals surface area contributed by atoms with E-state index in [0.29, 0.717) is 25.9 Å². The standard InChI is InChI=1S/C35H35NO10/c1-13(2)21-25-18(11-20(32(21)42)46-35(45)17-7-9-36-10-8-17)30(40)23(15(5)28(25)38)24-16(6)29(39)27-22(14(3)4)34(44)31(41)19(12-37)26(27)33(24)43/h11-14,17,36,38,40,42H,7-10H2,1-6H3. The molecule has 240 valence electrons. The molecule has 1 heterocycles. The van der Waals surface area contributed by atoms with Crippen LogP contribution in [0.1, 0.15) is 85.0 Å². The number of fused-ring (bicyclic) bond motifs is 2. The number of carbonyl (C=O) groups is 2. The summed E-state index contributed by atoms with van der Waals surface area (Å²) in [6.07, 6.45) is 1.14. The van der Waals surface area contributed by atoms with Gasteiger partial charge in [-0.2, -0.15) is 0 Å². The van der Waals surface area contributed by atoms with Gasteiger partial charge >= 0.3 is 5.97 Å². The molecule has 0 radical (unpaired) electrons. The summed E-state index contributed by atoms with van der Waals surface area (Å²) in [5.74, 6) is -3.69. The first-order valence-electron chi connectivity index (χ1n) is 15.2. The highest BCUT2D eigenvalue weighted by Crippen LogP contribution is 2.52. The fourth-order valence-electron chi connectivity index (χ4n) is 6.70. The van der Waals surface area contributed by atoms with Crippen LogP contribution in [0.4, 0.5) is 0 Å². The van der Waals surface area contributed by atoms with Crippen molar-refractivity contribution in [2.75, 3.05) is 13.1 Å². The normalized spacial score (nSPS) is 14.1. The molecule has 2 aromatic rings. The van der Waals surface area contributed by atoms with E-state index in [9.17, 15) is 44.1 Å². The number of ether oxygens (including phenoxy) is 1. The van der Waals surface area contributed by atoms with Crippen LogP contribution in [0.15, 0.2) is 25.2 Å². The van der Waals surface area contributed by atoms with Gasteiger partial charge in [0.15, 0.2) is 28.6 Å². The molecule has 5 rings (SSSR count). The van der Waals surface area contributed by atoms with Gasteiger partial charge in [-0.05, 0) is 57.7 Å². The van der Waals surface area contributed by atoms with Gasteiger partial charge in [0.05, 0.1) is 11.5 Å². The van der Waals surface area contributed by atoms with Crippen molar-refractivity contribution in [1.82, 2.24) is 5.32 Å². The van der Waals surface area contributed by atoms with Gasteiger partial charge in [-0.25, -0.2) is 0 Å². The lowest BCUT2D eigenvalue weighted by molar-refractivity contribution is -0.139. The van der Waals surface area contributed by atoms with Gasteiger partial charge in [-0.1, -0.05) is 27.7 Å². The molecule has 0 bridgehead atoms. The maximum Gasteiger partial charge on any atom is 0.314 e. The number of aromatic hydroxyl groups is 3.